The fourth-order valence-corrected chi connectivity index (χ4v) is 1.84. The Morgan fingerprint density at radius 1 is 1.72 bits per heavy atom. The maximum atomic E-state index is 11.9. The number of allylic oxidation sites excluding steroid dienone is 1. The number of hydrogen-bond acceptors (Lipinski definition) is 4. The third-order valence-corrected chi connectivity index (χ3v) is 3.03. The van der Waals surface area contributed by atoms with Gasteiger partial charge >= 0.3 is 0 Å². The normalized spacial score (nSPS) is 12.2. The second-order valence-electron chi connectivity index (χ2n) is 3.85. The fourth-order valence-electron chi connectivity index (χ4n) is 1.42. The van der Waals surface area contributed by atoms with Crippen LogP contribution in [0, 0.1) is 0 Å². The minimum Gasteiger partial charge on any atom is -0.380 e. The smallest absolute Gasteiger partial charge is 0.283 e. The summed E-state index contributed by atoms with van der Waals surface area (Å²) in [6.07, 6.45) is 3.25. The molecule has 6 heteroatoms. The van der Waals surface area contributed by atoms with E-state index >= 15 is 0 Å². The minimum absolute atomic E-state index is 0.109. The number of halogens is 1. The lowest BCUT2D eigenvalue weighted by Crippen LogP contribution is -2.27. The zero-order valence-corrected chi connectivity index (χ0v) is 12.2. The van der Waals surface area contributed by atoms with Gasteiger partial charge in [0, 0.05) is 12.6 Å². The lowest BCUT2D eigenvalue weighted by Gasteiger charge is -2.16. The number of nitrogens with one attached hydrogen (secondary N) is 1. The van der Waals surface area contributed by atoms with Gasteiger partial charge in [-0.1, -0.05) is 6.08 Å². The van der Waals surface area contributed by atoms with Crippen LogP contribution in [0.2, 0.25) is 0 Å². The highest BCUT2D eigenvalue weighted by molar-refractivity contribution is 9.10. The molecule has 1 aromatic rings. The van der Waals surface area contributed by atoms with E-state index in [-0.39, 0.29) is 11.6 Å². The topological polar surface area (TPSA) is 56.1 Å². The van der Waals surface area contributed by atoms with Crippen molar-refractivity contribution in [3.05, 3.63) is 33.7 Å². The van der Waals surface area contributed by atoms with Gasteiger partial charge in [0.2, 0.25) is 0 Å². The van der Waals surface area contributed by atoms with E-state index in [1.807, 2.05) is 13.8 Å². The number of ether oxygens (including phenoxy) is 1. The van der Waals surface area contributed by atoms with Crippen molar-refractivity contribution in [2.45, 2.75) is 26.4 Å². The minimum atomic E-state index is -0.177. The van der Waals surface area contributed by atoms with E-state index in [1.165, 1.54) is 4.68 Å². The van der Waals surface area contributed by atoms with Crippen LogP contribution >= 0.6 is 15.9 Å². The molecule has 0 aliphatic rings. The van der Waals surface area contributed by atoms with Gasteiger partial charge in [0.1, 0.15) is 4.47 Å². The van der Waals surface area contributed by atoms with Crippen LogP contribution in [-0.4, -0.2) is 29.0 Å². The predicted molar refractivity (Wildman–Crippen MR) is 76.0 cm³/mol. The molecule has 5 nitrogen and oxygen atoms in total. The quantitative estimate of drug-likeness (QED) is 0.782. The summed E-state index contributed by atoms with van der Waals surface area (Å²) in [4.78, 5) is 11.9. The Morgan fingerprint density at radius 3 is 3.06 bits per heavy atom. The molecule has 1 aromatic heterocycles. The molecule has 0 saturated carbocycles. The van der Waals surface area contributed by atoms with E-state index in [0.29, 0.717) is 29.9 Å². The zero-order chi connectivity index (χ0) is 13.5. The Bertz CT molecular complexity index is 459. The van der Waals surface area contributed by atoms with Crippen molar-refractivity contribution in [3.8, 4) is 0 Å². The molecule has 1 unspecified atom stereocenters. The highest BCUT2D eigenvalue weighted by atomic mass is 79.9. The van der Waals surface area contributed by atoms with Crippen LogP contribution in [0.3, 0.4) is 0 Å². The maximum absolute atomic E-state index is 11.9. The van der Waals surface area contributed by atoms with Gasteiger partial charge in [-0.15, -0.1) is 6.58 Å². The van der Waals surface area contributed by atoms with Gasteiger partial charge in [-0.25, -0.2) is 4.68 Å². The Labute approximate surface area is 115 Å². The van der Waals surface area contributed by atoms with E-state index in [4.69, 9.17) is 4.74 Å². The molecular formula is C12H18BrN3O2. The number of nitrogens with zero attached hydrogens (tertiary/aromatic N) is 2. The van der Waals surface area contributed by atoms with Crippen molar-refractivity contribution in [1.82, 2.24) is 9.78 Å². The summed E-state index contributed by atoms with van der Waals surface area (Å²) in [5.41, 5.74) is 0.496. The SMILES string of the molecule is C=CCn1ncc(NC(C)COCC)c(Br)c1=O. The maximum Gasteiger partial charge on any atom is 0.283 e. The molecule has 0 amide bonds. The molecule has 0 spiro atoms. The lowest BCUT2D eigenvalue weighted by atomic mass is 10.3. The summed E-state index contributed by atoms with van der Waals surface area (Å²) < 4.78 is 7.12. The third-order valence-electron chi connectivity index (χ3n) is 2.26. The van der Waals surface area contributed by atoms with Crippen molar-refractivity contribution in [1.29, 1.82) is 0 Å². The van der Waals surface area contributed by atoms with Gasteiger partial charge in [-0.05, 0) is 29.8 Å². The van der Waals surface area contributed by atoms with E-state index in [1.54, 1.807) is 12.3 Å². The monoisotopic (exact) mass is 315 g/mol. The molecule has 18 heavy (non-hydrogen) atoms. The largest absolute Gasteiger partial charge is 0.380 e. The summed E-state index contributed by atoms with van der Waals surface area (Å²) in [6.45, 7) is 9.16. The van der Waals surface area contributed by atoms with Gasteiger partial charge in [0.05, 0.1) is 25.0 Å². The molecule has 0 bridgehead atoms. The number of rotatable bonds is 7. The first kappa shape index (κ1) is 14.9. The van der Waals surface area contributed by atoms with Crippen LogP contribution in [0.15, 0.2) is 28.1 Å². The molecule has 1 heterocycles. The Morgan fingerprint density at radius 2 is 2.44 bits per heavy atom. The molecule has 1 N–H and O–H groups in total. The van der Waals surface area contributed by atoms with Crippen molar-refractivity contribution in [2.24, 2.45) is 0 Å². The van der Waals surface area contributed by atoms with Gasteiger partial charge in [-0.2, -0.15) is 5.10 Å². The van der Waals surface area contributed by atoms with Crippen LogP contribution in [0.5, 0.6) is 0 Å². The molecule has 0 radical (unpaired) electrons. The first-order valence-electron chi connectivity index (χ1n) is 5.81. The standard InChI is InChI=1S/C12H18BrN3O2/c1-4-6-16-12(17)11(13)10(7-14-16)15-9(3)8-18-5-2/h4,7,9,15H,1,5-6,8H2,2-3H3. The van der Waals surface area contributed by atoms with Crippen molar-refractivity contribution < 1.29 is 4.74 Å². The van der Waals surface area contributed by atoms with Crippen LogP contribution in [-0.2, 0) is 11.3 Å². The third kappa shape index (κ3) is 3.96. The molecular weight excluding hydrogens is 298 g/mol. The molecule has 0 fully saturated rings. The molecule has 0 aromatic carbocycles. The van der Waals surface area contributed by atoms with E-state index in [9.17, 15) is 4.79 Å². The number of hydrogen-bond donors (Lipinski definition) is 1. The average Bonchev–Trinajstić information content (AvgIpc) is 2.36. The average molecular weight is 316 g/mol. The molecule has 1 atom stereocenters. The molecule has 100 valence electrons. The second kappa shape index (κ2) is 7.33. The first-order chi connectivity index (χ1) is 8.60. The summed E-state index contributed by atoms with van der Waals surface area (Å²) in [5, 5.41) is 7.24. The summed E-state index contributed by atoms with van der Waals surface area (Å²) in [5.74, 6) is 0. The molecule has 0 saturated heterocycles. The predicted octanol–water partition coefficient (Wildman–Crippen LogP) is 2.03. The summed E-state index contributed by atoms with van der Waals surface area (Å²) >= 11 is 3.29. The van der Waals surface area contributed by atoms with Crippen molar-refractivity contribution in [2.75, 3.05) is 18.5 Å². The van der Waals surface area contributed by atoms with Gasteiger partial charge in [0.25, 0.3) is 5.56 Å². The van der Waals surface area contributed by atoms with Crippen LogP contribution in [0.25, 0.3) is 0 Å². The Balaban J connectivity index is 2.82. The zero-order valence-electron chi connectivity index (χ0n) is 10.6. The fraction of sp³-hybridized carbons (Fsp3) is 0.500. The molecule has 1 rings (SSSR count). The van der Waals surface area contributed by atoms with Gasteiger partial charge in [-0.3, -0.25) is 4.79 Å². The molecule has 0 aliphatic carbocycles. The van der Waals surface area contributed by atoms with Crippen molar-refractivity contribution >= 4 is 21.6 Å². The lowest BCUT2D eigenvalue weighted by molar-refractivity contribution is 0.141. The van der Waals surface area contributed by atoms with E-state index in [0.717, 1.165) is 0 Å². The second-order valence-corrected chi connectivity index (χ2v) is 4.65. The van der Waals surface area contributed by atoms with E-state index < -0.39 is 0 Å². The Hall–Kier alpha value is -1.14. The van der Waals surface area contributed by atoms with Gasteiger partial charge < -0.3 is 10.1 Å². The Kier molecular flexibility index (Phi) is 6.07. The first-order valence-corrected chi connectivity index (χ1v) is 6.60. The number of anilines is 1. The summed E-state index contributed by atoms with van der Waals surface area (Å²) in [7, 11) is 0. The van der Waals surface area contributed by atoms with Crippen LogP contribution in [0.4, 0.5) is 5.69 Å². The highest BCUT2D eigenvalue weighted by Gasteiger charge is 2.10. The van der Waals surface area contributed by atoms with Crippen LogP contribution in [0.1, 0.15) is 13.8 Å². The van der Waals surface area contributed by atoms with E-state index in [2.05, 4.69) is 32.9 Å². The molecule has 0 aliphatic heterocycles. The highest BCUT2D eigenvalue weighted by Crippen LogP contribution is 2.17. The van der Waals surface area contributed by atoms with Crippen molar-refractivity contribution in [3.63, 3.8) is 0 Å². The van der Waals surface area contributed by atoms with Gasteiger partial charge in [0.15, 0.2) is 0 Å². The van der Waals surface area contributed by atoms with Crippen LogP contribution < -0.4 is 10.9 Å². The summed E-state index contributed by atoms with van der Waals surface area (Å²) in [6, 6.07) is 0.109. The number of aromatic nitrogens is 2.